The van der Waals surface area contributed by atoms with Gasteiger partial charge < -0.3 is 0 Å². The minimum atomic E-state index is 0. The average molecular weight is 197 g/mol. The van der Waals surface area contributed by atoms with Gasteiger partial charge in [-0.25, -0.2) is 0 Å². The number of rotatable bonds is 0. The molecule has 0 aromatic carbocycles. The van der Waals surface area contributed by atoms with Crippen LogP contribution in [0, 0.1) is 0 Å². The molecule has 0 aromatic rings. The SMILES string of the molecule is C.S.[Cu].[Mn].[Si]. The number of hydrogen-bond donors (Lipinski definition) is 0. The van der Waals surface area contributed by atoms with E-state index in [-0.39, 0.29) is 66.0 Å². The zero-order valence-corrected chi connectivity index (χ0v) is 5.80. The van der Waals surface area contributed by atoms with Gasteiger partial charge in [-0.2, -0.15) is 13.5 Å². The maximum Gasteiger partial charge on any atom is 0 e. The Morgan fingerprint density at radius 2 is 1.00 bits per heavy atom. The maximum absolute atomic E-state index is 0. The van der Waals surface area contributed by atoms with Gasteiger partial charge in [0.25, 0.3) is 0 Å². The monoisotopic (exact) mass is 196 g/mol. The molecule has 0 nitrogen and oxygen atoms in total. The molecule has 4 heteroatoms. The molecule has 0 amide bonds. The van der Waals surface area contributed by atoms with Crippen LogP contribution in [0.5, 0.6) is 0 Å². The second-order valence-electron chi connectivity index (χ2n) is 0. The Bertz CT molecular complexity index is 11.6. The molecule has 0 rings (SSSR count). The Kier molecular flexibility index (Phi) is 742. The quantitative estimate of drug-likeness (QED) is 0.491. The molecule has 0 saturated carbocycles. The summed E-state index contributed by atoms with van der Waals surface area (Å²) in [6, 6.07) is 0. The van der Waals surface area contributed by atoms with Crippen molar-refractivity contribution >= 4 is 24.5 Å². The van der Waals surface area contributed by atoms with E-state index in [0.717, 1.165) is 0 Å². The van der Waals surface area contributed by atoms with Crippen LogP contribution >= 0.6 is 13.5 Å². The summed E-state index contributed by atoms with van der Waals surface area (Å²) in [5.41, 5.74) is 0. The van der Waals surface area contributed by atoms with Crippen molar-refractivity contribution < 1.29 is 34.1 Å². The summed E-state index contributed by atoms with van der Waals surface area (Å²) < 4.78 is 0. The summed E-state index contributed by atoms with van der Waals surface area (Å²) >= 11 is 0. The van der Waals surface area contributed by atoms with E-state index >= 15 is 0 Å². The summed E-state index contributed by atoms with van der Waals surface area (Å²) in [4.78, 5) is 0. The third-order valence-electron chi connectivity index (χ3n) is 0. The zero-order valence-electron chi connectivity index (χ0n) is 1.68. The van der Waals surface area contributed by atoms with Crippen LogP contribution in [-0.2, 0) is 34.1 Å². The van der Waals surface area contributed by atoms with Crippen molar-refractivity contribution in [2.45, 2.75) is 7.43 Å². The molecule has 0 N–H and O–H groups in total. The molecule has 0 spiro atoms. The standard InChI is InChI=1S/CH4.Cu.Mn.H2S.Si/h1H4;;;1H2;. The van der Waals surface area contributed by atoms with Crippen molar-refractivity contribution in [3.63, 3.8) is 0 Å². The third-order valence-corrected chi connectivity index (χ3v) is 0. The molecule has 0 aliphatic rings. The first-order chi connectivity index (χ1) is 0. The maximum atomic E-state index is 0. The minimum absolute atomic E-state index is 0. The Balaban J connectivity index is 0. The molecular formula is CH6CuMnSSi. The molecule has 0 unspecified atom stereocenters. The molecule has 0 aliphatic carbocycles. The van der Waals surface area contributed by atoms with E-state index in [0.29, 0.717) is 0 Å². The first kappa shape index (κ1) is 80.5. The van der Waals surface area contributed by atoms with Gasteiger partial charge in [-0.3, -0.25) is 0 Å². The van der Waals surface area contributed by atoms with Crippen molar-refractivity contribution in [2.75, 3.05) is 0 Å². The third kappa shape index (κ3) is 28.3. The Morgan fingerprint density at radius 3 is 1.00 bits per heavy atom. The molecule has 0 fully saturated rings. The molecule has 0 atom stereocenters. The molecule has 6 radical (unpaired) electrons. The van der Waals surface area contributed by atoms with Crippen LogP contribution in [0.1, 0.15) is 7.43 Å². The Labute approximate surface area is 65.9 Å². The fourth-order valence-corrected chi connectivity index (χ4v) is 0. The van der Waals surface area contributed by atoms with Gasteiger partial charge in [-0.1, -0.05) is 7.43 Å². The molecule has 5 heavy (non-hydrogen) atoms. The van der Waals surface area contributed by atoms with E-state index in [1.165, 1.54) is 0 Å². The molecule has 0 aliphatic heterocycles. The van der Waals surface area contributed by atoms with Crippen molar-refractivity contribution in [1.29, 1.82) is 0 Å². The predicted octanol–water partition coefficient (Wildman–Crippen LogP) is 0.363. The van der Waals surface area contributed by atoms with Crippen LogP contribution in [0.4, 0.5) is 0 Å². The van der Waals surface area contributed by atoms with Gasteiger partial charge in [0.15, 0.2) is 0 Å². The first-order valence-corrected chi connectivity index (χ1v) is 0. The van der Waals surface area contributed by atoms with Crippen LogP contribution in [0.2, 0.25) is 0 Å². The molecule has 0 saturated heterocycles. The normalized spacial score (nSPS) is 0. The van der Waals surface area contributed by atoms with Crippen molar-refractivity contribution in [2.24, 2.45) is 0 Å². The average Bonchev–Trinajstić information content (AvgIpc) is 0. The van der Waals surface area contributed by atoms with Gasteiger partial charge in [0.2, 0.25) is 0 Å². The Morgan fingerprint density at radius 1 is 1.00 bits per heavy atom. The second kappa shape index (κ2) is 46.1. The van der Waals surface area contributed by atoms with Gasteiger partial charge in [-0.15, -0.1) is 0 Å². The van der Waals surface area contributed by atoms with E-state index in [1.807, 2.05) is 0 Å². The molecule has 0 heterocycles. The second-order valence-corrected chi connectivity index (χ2v) is 0. The molecule has 0 bridgehead atoms. The van der Waals surface area contributed by atoms with E-state index in [4.69, 9.17) is 0 Å². The predicted molar refractivity (Wildman–Crippen MR) is 22.9 cm³/mol. The fourth-order valence-electron chi connectivity index (χ4n) is 0. The van der Waals surface area contributed by atoms with E-state index in [2.05, 4.69) is 0 Å². The van der Waals surface area contributed by atoms with E-state index in [1.54, 1.807) is 0 Å². The van der Waals surface area contributed by atoms with Crippen LogP contribution in [0.25, 0.3) is 0 Å². The summed E-state index contributed by atoms with van der Waals surface area (Å²) in [7, 11) is 0. The van der Waals surface area contributed by atoms with Crippen LogP contribution < -0.4 is 0 Å². The van der Waals surface area contributed by atoms with Crippen molar-refractivity contribution in [1.82, 2.24) is 0 Å². The molecule has 0 aromatic heterocycles. The largest absolute Gasteiger partial charge is 0.197 e. The van der Waals surface area contributed by atoms with Gasteiger partial charge >= 0.3 is 0 Å². The first-order valence-electron chi connectivity index (χ1n) is 0. The van der Waals surface area contributed by atoms with Crippen LogP contribution in [-0.4, -0.2) is 11.0 Å². The molecule has 38 valence electrons. The summed E-state index contributed by atoms with van der Waals surface area (Å²) in [6.45, 7) is 0. The van der Waals surface area contributed by atoms with Gasteiger partial charge in [0.1, 0.15) is 0 Å². The topological polar surface area (TPSA) is 0 Å². The van der Waals surface area contributed by atoms with Gasteiger partial charge in [0, 0.05) is 45.1 Å². The number of hydrogen-bond acceptors (Lipinski definition) is 0. The van der Waals surface area contributed by atoms with Crippen LogP contribution in [0.3, 0.4) is 0 Å². The summed E-state index contributed by atoms with van der Waals surface area (Å²) in [6.07, 6.45) is 0. The van der Waals surface area contributed by atoms with Gasteiger partial charge in [0.05, 0.1) is 0 Å². The smallest absolute Gasteiger partial charge is 0 e. The van der Waals surface area contributed by atoms with E-state index < -0.39 is 0 Å². The molecular weight excluding hydrogens is 191 g/mol. The fraction of sp³-hybridized carbons (Fsp3) is 1.00. The summed E-state index contributed by atoms with van der Waals surface area (Å²) in [5.74, 6) is 0. The van der Waals surface area contributed by atoms with Crippen molar-refractivity contribution in [3.05, 3.63) is 0 Å². The van der Waals surface area contributed by atoms with Crippen LogP contribution in [0.15, 0.2) is 0 Å². The minimum Gasteiger partial charge on any atom is -0.197 e. The Hall–Kier alpha value is 1.61. The van der Waals surface area contributed by atoms with Crippen molar-refractivity contribution in [3.8, 4) is 0 Å². The zero-order chi connectivity index (χ0) is 0. The van der Waals surface area contributed by atoms with Gasteiger partial charge in [-0.05, 0) is 0 Å². The van der Waals surface area contributed by atoms with E-state index in [9.17, 15) is 0 Å². The summed E-state index contributed by atoms with van der Waals surface area (Å²) in [5, 5.41) is 0.